The van der Waals surface area contributed by atoms with Gasteiger partial charge in [-0.05, 0) is 58.7 Å². The van der Waals surface area contributed by atoms with E-state index in [0.29, 0.717) is 25.9 Å². The van der Waals surface area contributed by atoms with E-state index in [9.17, 15) is 9.59 Å². The number of hydrogen-bond acceptors (Lipinski definition) is 5. The van der Waals surface area contributed by atoms with Crippen LogP contribution in [0.1, 0.15) is 38.6 Å². The second-order valence-electron chi connectivity index (χ2n) is 7.65. The first-order chi connectivity index (χ1) is 12.2. The van der Waals surface area contributed by atoms with Crippen LogP contribution in [0.2, 0.25) is 0 Å². The third-order valence-corrected chi connectivity index (χ3v) is 5.21. The van der Waals surface area contributed by atoms with E-state index in [-0.39, 0.29) is 17.9 Å². The largest absolute Gasteiger partial charge is 0.444 e. The number of carbonyl (C=O) groups excluding carboxylic acids is 2. The monoisotopic (exact) mass is 375 g/mol. The Bertz CT molecular complexity index is 817. The lowest BCUT2D eigenvalue weighted by molar-refractivity contribution is -0.121. The number of aromatic nitrogens is 1. The molecule has 0 unspecified atom stereocenters. The summed E-state index contributed by atoms with van der Waals surface area (Å²) in [5, 5.41) is 4.01. The van der Waals surface area contributed by atoms with Crippen molar-refractivity contribution in [2.45, 2.75) is 46.1 Å². The standard InChI is InChI=1S/C19H25N3O3S/c1-12-20-15-6-5-14(11-16(15)26-12)21-17(23)13-7-9-22(10-8-13)18(24)25-19(2,3)4/h5-6,11,13H,7-10H2,1-4H3,(H,21,23). The molecule has 1 N–H and O–H groups in total. The minimum Gasteiger partial charge on any atom is -0.444 e. The van der Waals surface area contributed by atoms with Crippen molar-refractivity contribution in [1.29, 1.82) is 0 Å². The Kier molecular flexibility index (Phi) is 5.18. The quantitative estimate of drug-likeness (QED) is 0.854. The van der Waals surface area contributed by atoms with E-state index in [1.807, 2.05) is 45.9 Å². The molecule has 1 aromatic heterocycles. The Labute approximate surface area is 157 Å². The second kappa shape index (κ2) is 7.23. The number of nitrogens with zero attached hydrogens (tertiary/aromatic N) is 2. The van der Waals surface area contributed by atoms with Crippen LogP contribution >= 0.6 is 11.3 Å². The highest BCUT2D eigenvalue weighted by Crippen LogP contribution is 2.26. The van der Waals surface area contributed by atoms with E-state index in [4.69, 9.17) is 4.74 Å². The number of ether oxygens (including phenoxy) is 1. The van der Waals surface area contributed by atoms with Gasteiger partial charge in [-0.3, -0.25) is 4.79 Å². The van der Waals surface area contributed by atoms with Gasteiger partial charge >= 0.3 is 6.09 Å². The van der Waals surface area contributed by atoms with Gasteiger partial charge < -0.3 is 15.0 Å². The van der Waals surface area contributed by atoms with Crippen LogP contribution in [0.4, 0.5) is 10.5 Å². The van der Waals surface area contributed by atoms with Crippen molar-refractivity contribution in [2.24, 2.45) is 5.92 Å². The average Bonchev–Trinajstić information content (AvgIpc) is 2.92. The first-order valence-corrected chi connectivity index (χ1v) is 9.69. The fourth-order valence-electron chi connectivity index (χ4n) is 3.01. The van der Waals surface area contributed by atoms with Crippen LogP contribution in [-0.4, -0.2) is 40.6 Å². The van der Waals surface area contributed by atoms with Gasteiger partial charge in [0.05, 0.1) is 15.2 Å². The zero-order chi connectivity index (χ0) is 18.9. The normalized spacial score (nSPS) is 15.9. The molecule has 0 radical (unpaired) electrons. The Morgan fingerprint density at radius 2 is 1.96 bits per heavy atom. The minimum atomic E-state index is -0.501. The first kappa shape index (κ1) is 18.6. The molecule has 0 bridgehead atoms. The van der Waals surface area contributed by atoms with Gasteiger partial charge in [0.2, 0.25) is 5.91 Å². The molecule has 3 rings (SSSR count). The lowest BCUT2D eigenvalue weighted by atomic mass is 9.96. The predicted octanol–water partition coefficient (Wildman–Crippen LogP) is 4.19. The first-order valence-electron chi connectivity index (χ1n) is 8.87. The van der Waals surface area contributed by atoms with Crippen molar-refractivity contribution in [3.05, 3.63) is 23.2 Å². The number of piperidine rings is 1. The Balaban J connectivity index is 1.55. The van der Waals surface area contributed by atoms with Crippen molar-refractivity contribution < 1.29 is 14.3 Å². The number of amides is 2. The van der Waals surface area contributed by atoms with Crippen LogP contribution in [-0.2, 0) is 9.53 Å². The van der Waals surface area contributed by atoms with E-state index < -0.39 is 5.60 Å². The summed E-state index contributed by atoms with van der Waals surface area (Å²) in [6.07, 6.45) is 0.988. The Morgan fingerprint density at radius 3 is 2.62 bits per heavy atom. The summed E-state index contributed by atoms with van der Waals surface area (Å²) in [5.74, 6) is -0.0815. The van der Waals surface area contributed by atoms with E-state index in [1.165, 1.54) is 0 Å². The van der Waals surface area contributed by atoms with Crippen LogP contribution in [0.25, 0.3) is 10.2 Å². The molecule has 6 nitrogen and oxygen atoms in total. The maximum atomic E-state index is 12.6. The van der Waals surface area contributed by atoms with Crippen molar-refractivity contribution in [3.8, 4) is 0 Å². The van der Waals surface area contributed by atoms with E-state index in [1.54, 1.807) is 16.2 Å². The predicted molar refractivity (Wildman–Crippen MR) is 104 cm³/mol. The minimum absolute atomic E-state index is 0.00873. The highest BCUT2D eigenvalue weighted by atomic mass is 32.1. The van der Waals surface area contributed by atoms with E-state index in [0.717, 1.165) is 20.9 Å². The van der Waals surface area contributed by atoms with E-state index in [2.05, 4.69) is 10.3 Å². The molecule has 0 atom stereocenters. The fourth-order valence-corrected chi connectivity index (χ4v) is 3.88. The highest BCUT2D eigenvalue weighted by Gasteiger charge is 2.29. The number of likely N-dealkylation sites (tertiary alicyclic amines) is 1. The zero-order valence-corrected chi connectivity index (χ0v) is 16.5. The molecule has 0 spiro atoms. The zero-order valence-electron chi connectivity index (χ0n) is 15.7. The highest BCUT2D eigenvalue weighted by molar-refractivity contribution is 7.18. The lowest BCUT2D eigenvalue weighted by Crippen LogP contribution is -2.43. The third-order valence-electron chi connectivity index (χ3n) is 4.28. The summed E-state index contributed by atoms with van der Waals surface area (Å²) in [6.45, 7) is 8.62. The van der Waals surface area contributed by atoms with Gasteiger partial charge in [-0.15, -0.1) is 11.3 Å². The maximum absolute atomic E-state index is 12.6. The van der Waals surface area contributed by atoms with Gasteiger partial charge in [-0.1, -0.05) is 0 Å². The van der Waals surface area contributed by atoms with Crippen LogP contribution in [0.15, 0.2) is 18.2 Å². The summed E-state index contributed by atoms with van der Waals surface area (Å²) in [4.78, 5) is 30.8. The molecule has 7 heteroatoms. The number of hydrogen-bond donors (Lipinski definition) is 1. The number of benzene rings is 1. The second-order valence-corrected chi connectivity index (χ2v) is 8.88. The topological polar surface area (TPSA) is 71.5 Å². The molecule has 26 heavy (non-hydrogen) atoms. The number of nitrogens with one attached hydrogen (secondary N) is 1. The molecule has 2 amide bonds. The number of rotatable bonds is 2. The number of thiazole rings is 1. The molecule has 140 valence electrons. The SMILES string of the molecule is Cc1nc2ccc(NC(=O)C3CCN(C(=O)OC(C)(C)C)CC3)cc2s1. The van der Waals surface area contributed by atoms with Crippen molar-refractivity contribution >= 4 is 39.2 Å². The van der Waals surface area contributed by atoms with Crippen molar-refractivity contribution in [3.63, 3.8) is 0 Å². The van der Waals surface area contributed by atoms with Crippen LogP contribution in [0.3, 0.4) is 0 Å². The molecule has 1 aliphatic heterocycles. The van der Waals surface area contributed by atoms with Gasteiger partial charge in [0, 0.05) is 24.7 Å². The molecular weight excluding hydrogens is 350 g/mol. The molecule has 1 saturated heterocycles. The molecule has 0 saturated carbocycles. The van der Waals surface area contributed by atoms with Crippen LogP contribution in [0, 0.1) is 12.8 Å². The fraction of sp³-hybridized carbons (Fsp3) is 0.526. The number of aryl methyl sites for hydroxylation is 1. The number of carbonyl (C=O) groups is 2. The Hall–Kier alpha value is -2.15. The summed E-state index contributed by atoms with van der Waals surface area (Å²) in [6, 6.07) is 5.78. The average molecular weight is 375 g/mol. The van der Waals surface area contributed by atoms with Gasteiger partial charge in [0.15, 0.2) is 0 Å². The number of fused-ring (bicyclic) bond motifs is 1. The molecule has 2 aromatic rings. The van der Waals surface area contributed by atoms with E-state index >= 15 is 0 Å². The van der Waals surface area contributed by atoms with Gasteiger partial charge in [0.1, 0.15) is 5.60 Å². The summed E-state index contributed by atoms with van der Waals surface area (Å²) in [5.41, 5.74) is 1.25. The van der Waals surface area contributed by atoms with Crippen molar-refractivity contribution in [2.75, 3.05) is 18.4 Å². The number of anilines is 1. The van der Waals surface area contributed by atoms with Crippen LogP contribution < -0.4 is 5.32 Å². The smallest absolute Gasteiger partial charge is 0.410 e. The summed E-state index contributed by atoms with van der Waals surface area (Å²) >= 11 is 1.62. The van der Waals surface area contributed by atoms with Gasteiger partial charge in [-0.2, -0.15) is 0 Å². The molecule has 1 aromatic carbocycles. The van der Waals surface area contributed by atoms with Crippen molar-refractivity contribution in [1.82, 2.24) is 9.88 Å². The lowest BCUT2D eigenvalue weighted by Gasteiger charge is -2.32. The third kappa shape index (κ3) is 4.52. The Morgan fingerprint density at radius 1 is 1.27 bits per heavy atom. The molecule has 0 aliphatic carbocycles. The molecule has 1 aliphatic rings. The molecule has 1 fully saturated rings. The summed E-state index contributed by atoms with van der Waals surface area (Å²) < 4.78 is 6.46. The van der Waals surface area contributed by atoms with Gasteiger partial charge in [0.25, 0.3) is 0 Å². The van der Waals surface area contributed by atoms with Crippen LogP contribution in [0.5, 0.6) is 0 Å². The molecule has 2 heterocycles. The van der Waals surface area contributed by atoms with Gasteiger partial charge in [-0.25, -0.2) is 9.78 Å². The maximum Gasteiger partial charge on any atom is 0.410 e. The molecular formula is C19H25N3O3S. The summed E-state index contributed by atoms with van der Waals surface area (Å²) in [7, 11) is 0.